The minimum atomic E-state index is -4.92. The first-order valence-corrected chi connectivity index (χ1v) is 8.22. The summed E-state index contributed by atoms with van der Waals surface area (Å²) in [7, 11) is -4.66. The fraction of sp³-hybridized carbons (Fsp3) is 0.462. The summed E-state index contributed by atoms with van der Waals surface area (Å²) in [6.45, 7) is -5.39. The van der Waals surface area contributed by atoms with Gasteiger partial charge in [-0.1, -0.05) is 12.1 Å². The second kappa shape index (κ2) is 6.75. The minimum absolute atomic E-state index is 0.317. The van der Waals surface area contributed by atoms with Crippen molar-refractivity contribution >= 4 is 16.0 Å². The zero-order valence-corrected chi connectivity index (χ0v) is 13.1. The highest BCUT2D eigenvalue weighted by molar-refractivity contribution is 7.89. The molecule has 25 heavy (non-hydrogen) atoms. The molecule has 1 heterocycles. The number of halogens is 5. The Bertz CT molecular complexity index is 751. The van der Waals surface area contributed by atoms with Crippen LogP contribution in [0.25, 0.3) is 0 Å². The third-order valence-corrected chi connectivity index (χ3v) is 5.58. The van der Waals surface area contributed by atoms with Gasteiger partial charge in [-0.15, -0.1) is 0 Å². The van der Waals surface area contributed by atoms with Gasteiger partial charge in [0, 0.05) is 13.1 Å². The van der Waals surface area contributed by atoms with Crippen molar-refractivity contribution < 1.29 is 45.0 Å². The monoisotopic (exact) mass is 389 g/mol. The SMILES string of the molecule is O=C(O)[C@@H]1CN(S(=O)(=O)c2ccccc2OC(F)F)C[C@H]1C(F)(F)F. The highest BCUT2D eigenvalue weighted by Gasteiger charge is 2.55. The van der Waals surface area contributed by atoms with Crippen LogP contribution in [0.1, 0.15) is 0 Å². The van der Waals surface area contributed by atoms with E-state index < -0.39 is 64.4 Å². The van der Waals surface area contributed by atoms with Crippen molar-refractivity contribution in [1.29, 1.82) is 0 Å². The van der Waals surface area contributed by atoms with E-state index in [4.69, 9.17) is 5.11 Å². The van der Waals surface area contributed by atoms with E-state index in [-0.39, 0.29) is 0 Å². The number of hydrogen-bond donors (Lipinski definition) is 1. The van der Waals surface area contributed by atoms with E-state index in [1.807, 2.05) is 0 Å². The summed E-state index contributed by atoms with van der Waals surface area (Å²) in [5, 5.41) is 8.93. The Balaban J connectivity index is 2.40. The van der Waals surface area contributed by atoms with Crippen LogP contribution in [0.4, 0.5) is 22.0 Å². The Morgan fingerprint density at radius 3 is 2.32 bits per heavy atom. The second-order valence-electron chi connectivity index (χ2n) is 5.24. The zero-order chi connectivity index (χ0) is 19.0. The number of alkyl halides is 5. The lowest BCUT2D eigenvalue weighted by atomic mass is 9.96. The average Bonchev–Trinajstić information content (AvgIpc) is 2.93. The van der Waals surface area contributed by atoms with Gasteiger partial charge in [0.05, 0.1) is 11.8 Å². The Hall–Kier alpha value is -1.95. The molecule has 1 aromatic rings. The molecule has 1 saturated heterocycles. The van der Waals surface area contributed by atoms with Crippen molar-refractivity contribution in [3.8, 4) is 5.75 Å². The van der Waals surface area contributed by atoms with Gasteiger partial charge >= 0.3 is 18.8 Å². The molecule has 2 atom stereocenters. The van der Waals surface area contributed by atoms with Crippen LogP contribution in [0.2, 0.25) is 0 Å². The van der Waals surface area contributed by atoms with Crippen LogP contribution in [0.3, 0.4) is 0 Å². The molecule has 0 aromatic heterocycles. The predicted octanol–water partition coefficient (Wildman–Crippen LogP) is 2.17. The lowest BCUT2D eigenvalue weighted by Gasteiger charge is -2.19. The molecule has 0 spiro atoms. The lowest BCUT2D eigenvalue weighted by Crippen LogP contribution is -2.34. The van der Waals surface area contributed by atoms with Gasteiger partial charge in [-0.3, -0.25) is 4.79 Å². The number of carbonyl (C=O) groups is 1. The standard InChI is InChI=1S/C13H12F5NO5S/c14-12(15)24-9-3-1-2-4-10(9)25(22,23)19-5-7(11(20)21)8(6-19)13(16,17)18/h1-4,7-8,12H,5-6H2,(H,20,21)/t7-,8-/m1/s1. The van der Waals surface area contributed by atoms with Crippen molar-refractivity contribution in [3.05, 3.63) is 24.3 Å². The Morgan fingerprint density at radius 1 is 1.24 bits per heavy atom. The lowest BCUT2D eigenvalue weighted by molar-refractivity contribution is -0.187. The number of carboxylic acids is 1. The highest BCUT2D eigenvalue weighted by atomic mass is 32.2. The molecule has 1 aromatic carbocycles. The van der Waals surface area contributed by atoms with Crippen molar-refractivity contribution in [1.82, 2.24) is 4.31 Å². The number of rotatable bonds is 5. The van der Waals surface area contributed by atoms with Gasteiger partial charge < -0.3 is 9.84 Å². The summed E-state index contributed by atoms with van der Waals surface area (Å²) in [6.07, 6.45) is -4.92. The van der Waals surface area contributed by atoms with E-state index in [0.717, 1.165) is 12.1 Å². The van der Waals surface area contributed by atoms with Gasteiger partial charge in [-0.25, -0.2) is 8.42 Å². The van der Waals surface area contributed by atoms with E-state index in [0.29, 0.717) is 4.31 Å². The maximum Gasteiger partial charge on any atom is 0.393 e. The van der Waals surface area contributed by atoms with Crippen molar-refractivity contribution in [2.24, 2.45) is 11.8 Å². The number of nitrogens with zero attached hydrogens (tertiary/aromatic N) is 1. The Labute approximate surface area is 138 Å². The molecule has 1 N–H and O–H groups in total. The summed E-state index contributed by atoms with van der Waals surface area (Å²) in [5.74, 6) is -6.92. The minimum Gasteiger partial charge on any atom is -0.481 e. The molecular formula is C13H12F5NO5S. The van der Waals surface area contributed by atoms with Crippen LogP contribution in [0.5, 0.6) is 5.75 Å². The molecule has 2 rings (SSSR count). The molecule has 0 amide bonds. The topological polar surface area (TPSA) is 83.9 Å². The van der Waals surface area contributed by atoms with Crippen molar-refractivity contribution in [2.75, 3.05) is 13.1 Å². The molecule has 0 aliphatic carbocycles. The fourth-order valence-electron chi connectivity index (χ4n) is 2.54. The normalized spacial score (nSPS) is 22.3. The summed E-state index contributed by atoms with van der Waals surface area (Å²) in [5.41, 5.74) is 0. The second-order valence-corrected chi connectivity index (χ2v) is 7.15. The molecule has 1 fully saturated rings. The number of aliphatic carboxylic acids is 1. The van der Waals surface area contributed by atoms with Gasteiger partial charge in [0.1, 0.15) is 10.6 Å². The molecule has 12 heteroatoms. The number of carboxylic acid groups (broad SMARTS) is 1. The highest BCUT2D eigenvalue weighted by Crippen LogP contribution is 2.40. The number of sulfonamides is 1. The third kappa shape index (κ3) is 4.00. The van der Waals surface area contributed by atoms with E-state index in [2.05, 4.69) is 4.74 Å². The largest absolute Gasteiger partial charge is 0.481 e. The quantitative estimate of drug-likeness (QED) is 0.781. The molecular weight excluding hydrogens is 377 g/mol. The van der Waals surface area contributed by atoms with Crippen molar-refractivity contribution in [3.63, 3.8) is 0 Å². The van der Waals surface area contributed by atoms with Gasteiger partial charge in [-0.2, -0.15) is 26.3 Å². The van der Waals surface area contributed by atoms with E-state index in [1.165, 1.54) is 12.1 Å². The van der Waals surface area contributed by atoms with E-state index in [1.54, 1.807) is 0 Å². The van der Waals surface area contributed by atoms with Gasteiger partial charge in [0.2, 0.25) is 10.0 Å². The molecule has 6 nitrogen and oxygen atoms in total. The smallest absolute Gasteiger partial charge is 0.393 e. The number of ether oxygens (including phenoxy) is 1. The van der Waals surface area contributed by atoms with Crippen LogP contribution < -0.4 is 4.74 Å². The molecule has 1 aliphatic rings. The van der Waals surface area contributed by atoms with Crippen LogP contribution in [0, 0.1) is 11.8 Å². The van der Waals surface area contributed by atoms with Gasteiger partial charge in [0.15, 0.2) is 0 Å². The number of benzene rings is 1. The maximum atomic E-state index is 13.0. The summed E-state index contributed by atoms with van der Waals surface area (Å²) >= 11 is 0. The summed E-state index contributed by atoms with van der Waals surface area (Å²) in [6, 6.07) is 4.20. The van der Waals surface area contributed by atoms with Crippen LogP contribution in [-0.4, -0.2) is 49.7 Å². The molecule has 140 valence electrons. The van der Waals surface area contributed by atoms with E-state index in [9.17, 15) is 35.2 Å². The first kappa shape index (κ1) is 19.4. The molecule has 0 saturated carbocycles. The first-order valence-electron chi connectivity index (χ1n) is 6.78. The molecule has 0 bridgehead atoms. The van der Waals surface area contributed by atoms with E-state index >= 15 is 0 Å². The summed E-state index contributed by atoms with van der Waals surface area (Å²) < 4.78 is 93.2. The third-order valence-electron chi connectivity index (χ3n) is 3.71. The average molecular weight is 389 g/mol. The Morgan fingerprint density at radius 2 is 1.84 bits per heavy atom. The Kier molecular flexibility index (Phi) is 5.23. The molecule has 1 aliphatic heterocycles. The number of hydrogen-bond acceptors (Lipinski definition) is 4. The number of para-hydroxylation sites is 1. The van der Waals surface area contributed by atoms with Crippen LogP contribution >= 0.6 is 0 Å². The fourth-order valence-corrected chi connectivity index (χ4v) is 4.15. The summed E-state index contributed by atoms with van der Waals surface area (Å²) in [4.78, 5) is 10.3. The predicted molar refractivity (Wildman–Crippen MR) is 72.5 cm³/mol. The van der Waals surface area contributed by atoms with Crippen LogP contribution in [-0.2, 0) is 14.8 Å². The molecule has 0 radical (unpaired) electrons. The van der Waals surface area contributed by atoms with Gasteiger partial charge in [0.25, 0.3) is 0 Å². The first-order chi connectivity index (χ1) is 11.4. The van der Waals surface area contributed by atoms with Crippen molar-refractivity contribution in [2.45, 2.75) is 17.7 Å². The maximum absolute atomic E-state index is 13.0. The van der Waals surface area contributed by atoms with Crippen LogP contribution in [0.15, 0.2) is 29.2 Å². The van der Waals surface area contributed by atoms with Gasteiger partial charge in [-0.05, 0) is 12.1 Å². The molecule has 0 unspecified atom stereocenters. The zero-order valence-electron chi connectivity index (χ0n) is 12.3.